The van der Waals surface area contributed by atoms with Gasteiger partial charge in [-0.3, -0.25) is 9.67 Å². The molecule has 2 fully saturated rings. The van der Waals surface area contributed by atoms with Gasteiger partial charge in [0, 0.05) is 43.8 Å². The monoisotopic (exact) mass is 471 g/mol. The number of ether oxygens (including phenoxy) is 1. The molecule has 3 aromatic heterocycles. The fraction of sp³-hybridized carbons (Fsp3) is 0.480. The van der Waals surface area contributed by atoms with E-state index in [-0.39, 0.29) is 6.42 Å². The molecule has 0 atom stereocenters. The van der Waals surface area contributed by atoms with Crippen LogP contribution in [0.25, 0.3) is 16.6 Å². The summed E-state index contributed by atoms with van der Waals surface area (Å²) in [5.74, 6) is 0. The number of hydrogen-bond acceptors (Lipinski definition) is 5. The minimum atomic E-state index is -4.31. The molecule has 1 aliphatic heterocycles. The van der Waals surface area contributed by atoms with E-state index >= 15 is 0 Å². The molecule has 0 N–H and O–H groups in total. The second-order valence-electron chi connectivity index (χ2n) is 8.57. The average Bonchev–Trinajstić information content (AvgIpc) is 3.49. The highest BCUT2D eigenvalue weighted by Crippen LogP contribution is 2.39. The van der Waals surface area contributed by atoms with Gasteiger partial charge in [-0.25, -0.2) is 9.97 Å². The molecule has 3 aromatic rings. The molecule has 1 saturated carbocycles. The Morgan fingerprint density at radius 2 is 1.74 bits per heavy atom. The molecule has 9 heteroatoms. The largest absolute Gasteiger partial charge is 0.420 e. The van der Waals surface area contributed by atoms with Gasteiger partial charge in [-0.2, -0.15) is 18.3 Å². The minimum Gasteiger partial charge on any atom is -0.381 e. The van der Waals surface area contributed by atoms with Crippen LogP contribution in [0.15, 0.2) is 42.0 Å². The van der Waals surface area contributed by atoms with E-state index in [9.17, 15) is 13.2 Å². The summed E-state index contributed by atoms with van der Waals surface area (Å²) < 4.78 is 44.5. The average molecular weight is 472 g/mol. The predicted octanol–water partition coefficient (Wildman–Crippen LogP) is 5.92. The van der Waals surface area contributed by atoms with E-state index in [2.05, 4.69) is 25.8 Å². The van der Waals surface area contributed by atoms with E-state index in [1.165, 1.54) is 38.3 Å². The summed E-state index contributed by atoms with van der Waals surface area (Å²) in [7, 11) is 0. The Hall–Kier alpha value is -3.03. The molecule has 34 heavy (non-hydrogen) atoms. The van der Waals surface area contributed by atoms with Crippen LogP contribution in [-0.4, -0.2) is 44.1 Å². The zero-order chi connectivity index (χ0) is 24.1. The molecule has 6 rings (SSSR count). The Morgan fingerprint density at radius 1 is 1.03 bits per heavy atom. The van der Waals surface area contributed by atoms with Crippen LogP contribution in [0.1, 0.15) is 61.6 Å². The maximum atomic E-state index is 12.5. The van der Waals surface area contributed by atoms with Gasteiger partial charge in [0.25, 0.3) is 0 Å². The number of rotatable bonds is 2. The lowest BCUT2D eigenvalue weighted by atomic mass is 9.93. The van der Waals surface area contributed by atoms with Crippen molar-refractivity contribution in [3.8, 4) is 0 Å². The zero-order valence-electron chi connectivity index (χ0n) is 19.4. The van der Waals surface area contributed by atoms with Gasteiger partial charge in [-0.05, 0) is 58.1 Å². The van der Waals surface area contributed by atoms with Crippen molar-refractivity contribution in [1.29, 1.82) is 0 Å². The molecule has 6 nitrogen and oxygen atoms in total. The van der Waals surface area contributed by atoms with Gasteiger partial charge < -0.3 is 4.74 Å². The molecule has 0 unspecified atom stereocenters. The predicted molar refractivity (Wildman–Crippen MR) is 123 cm³/mol. The van der Waals surface area contributed by atoms with Gasteiger partial charge in [0.05, 0.1) is 28.5 Å². The lowest BCUT2D eigenvalue weighted by Gasteiger charge is -2.18. The van der Waals surface area contributed by atoms with Crippen molar-refractivity contribution in [2.75, 3.05) is 13.2 Å². The molecule has 0 radical (unpaired) electrons. The highest BCUT2D eigenvalue weighted by molar-refractivity contribution is 5.88. The van der Waals surface area contributed by atoms with E-state index in [0.29, 0.717) is 22.3 Å². The lowest BCUT2D eigenvalue weighted by molar-refractivity contribution is -0.0934. The number of halogens is 3. The summed E-state index contributed by atoms with van der Waals surface area (Å²) in [6, 6.07) is 4.41. The topological polar surface area (TPSA) is 65.7 Å². The van der Waals surface area contributed by atoms with Crippen LogP contribution in [0.5, 0.6) is 0 Å². The Labute approximate surface area is 196 Å². The Kier molecular flexibility index (Phi) is 7.44. The molecule has 0 aromatic carbocycles. The van der Waals surface area contributed by atoms with Crippen molar-refractivity contribution in [3.05, 3.63) is 59.1 Å². The lowest BCUT2D eigenvalue weighted by Crippen LogP contribution is -2.16. The van der Waals surface area contributed by atoms with E-state index < -0.39 is 11.7 Å². The van der Waals surface area contributed by atoms with E-state index in [0.717, 1.165) is 30.6 Å². The molecular weight excluding hydrogens is 443 g/mol. The van der Waals surface area contributed by atoms with Gasteiger partial charge in [-0.1, -0.05) is 0 Å². The number of fused-ring (bicyclic) bond motifs is 1. The molecule has 0 spiro atoms. The molecule has 4 heterocycles. The molecule has 1 saturated heterocycles. The second-order valence-corrected chi connectivity index (χ2v) is 8.57. The number of pyridine rings is 1. The first kappa shape index (κ1) is 24.1. The van der Waals surface area contributed by atoms with E-state index in [1.54, 1.807) is 6.07 Å². The third-order valence-electron chi connectivity index (χ3n) is 5.80. The molecule has 0 amide bonds. The number of aromatic nitrogens is 5. The maximum absolute atomic E-state index is 12.5. The normalized spacial score (nSPS) is 17.4. The quantitative estimate of drug-likeness (QED) is 0.434. The number of nitrogens with zero attached hydrogens (tertiary/aromatic N) is 5. The number of allylic oxidation sites excluding steroid dienone is 1. The smallest absolute Gasteiger partial charge is 0.381 e. The number of alkyl halides is 3. The molecule has 0 bridgehead atoms. The summed E-state index contributed by atoms with van der Waals surface area (Å²) >= 11 is 0. The summed E-state index contributed by atoms with van der Waals surface area (Å²) in [5.41, 5.74) is 5.25. The van der Waals surface area contributed by atoms with Crippen molar-refractivity contribution in [2.45, 2.75) is 64.6 Å². The Morgan fingerprint density at radius 3 is 2.26 bits per heavy atom. The first-order chi connectivity index (χ1) is 16.3. The van der Waals surface area contributed by atoms with Crippen LogP contribution >= 0.6 is 0 Å². The van der Waals surface area contributed by atoms with Gasteiger partial charge in [0.1, 0.15) is 11.2 Å². The molecular formula is C25H28F3N5O. The summed E-state index contributed by atoms with van der Waals surface area (Å²) in [6.07, 6.45) is 7.47. The fourth-order valence-electron chi connectivity index (χ4n) is 3.55. The molecule has 3 aliphatic rings. The van der Waals surface area contributed by atoms with Gasteiger partial charge in [0.15, 0.2) is 0 Å². The SMILES string of the molecule is C1CCOCC1.Cc1nc2ccnc(C3=C=C(C(F)(F)F)C3)c2nc1C.c1cnn(C2CC2)c1. The van der Waals surface area contributed by atoms with E-state index in [4.69, 9.17) is 4.74 Å². The van der Waals surface area contributed by atoms with Crippen molar-refractivity contribution < 1.29 is 17.9 Å². The van der Waals surface area contributed by atoms with Crippen LogP contribution in [-0.2, 0) is 4.74 Å². The Balaban J connectivity index is 0.000000158. The first-order valence-corrected chi connectivity index (χ1v) is 11.6. The van der Waals surface area contributed by atoms with Crippen molar-refractivity contribution in [3.63, 3.8) is 0 Å². The highest BCUT2D eigenvalue weighted by Gasteiger charge is 2.38. The maximum Gasteiger partial charge on any atom is 0.420 e. The third-order valence-corrected chi connectivity index (χ3v) is 5.80. The first-order valence-electron chi connectivity index (χ1n) is 11.6. The minimum absolute atomic E-state index is 0.176. The molecule has 180 valence electrons. The summed E-state index contributed by atoms with van der Waals surface area (Å²) in [5, 5.41) is 4.09. The van der Waals surface area contributed by atoms with Crippen molar-refractivity contribution in [2.24, 2.45) is 0 Å². The summed E-state index contributed by atoms with van der Waals surface area (Å²) in [4.78, 5) is 12.9. The van der Waals surface area contributed by atoms with Crippen LogP contribution in [0, 0.1) is 13.8 Å². The van der Waals surface area contributed by atoms with Crippen molar-refractivity contribution in [1.82, 2.24) is 24.7 Å². The van der Waals surface area contributed by atoms with Crippen LogP contribution in [0.4, 0.5) is 13.2 Å². The fourth-order valence-corrected chi connectivity index (χ4v) is 3.55. The number of aryl methyl sites for hydroxylation is 2. The van der Waals surface area contributed by atoms with Gasteiger partial charge in [-0.15, -0.1) is 5.73 Å². The zero-order valence-corrected chi connectivity index (χ0v) is 19.4. The van der Waals surface area contributed by atoms with Gasteiger partial charge in [0.2, 0.25) is 0 Å². The standard InChI is InChI=1S/C14H10F3N3.C6H8N2.C5H10O/c1-7-8(2)20-13-11(19-7)3-4-18-12(13)9-5-10(6-9)14(15,16)17;1-4-7-8(5-1)6-2-3-6;1-2-4-6-5-3-1/h3-4H,5H2,1-2H3;1,4-6H,2-3H2;1-5H2. The van der Waals surface area contributed by atoms with Crippen LogP contribution in [0.2, 0.25) is 0 Å². The van der Waals surface area contributed by atoms with Crippen molar-refractivity contribution >= 4 is 16.6 Å². The number of hydrogen-bond donors (Lipinski definition) is 0. The third kappa shape index (κ3) is 6.10. The van der Waals surface area contributed by atoms with Crippen LogP contribution in [0.3, 0.4) is 0 Å². The van der Waals surface area contributed by atoms with Gasteiger partial charge >= 0.3 is 6.18 Å². The molecule has 2 aliphatic carbocycles. The van der Waals surface area contributed by atoms with Crippen LogP contribution < -0.4 is 0 Å². The Bertz CT molecular complexity index is 1180. The van der Waals surface area contributed by atoms with E-state index in [1.807, 2.05) is 37.0 Å². The second kappa shape index (κ2) is 10.5. The summed E-state index contributed by atoms with van der Waals surface area (Å²) in [6.45, 7) is 5.65. The highest BCUT2D eigenvalue weighted by atomic mass is 19.4.